The maximum absolute atomic E-state index is 10.9. The number of nitrogens with one attached hydrogen (secondary N) is 1. The SMILES string of the molecule is O=P(O)(O)CCCc1ccc(Nc2ccc(-c3ccccc3)cc2)cc1. The second-order valence-corrected chi connectivity index (χ2v) is 8.03. The normalized spacial score (nSPS) is 11.3. The van der Waals surface area contributed by atoms with Crippen molar-refractivity contribution in [2.75, 3.05) is 11.5 Å². The van der Waals surface area contributed by atoms with Crippen LogP contribution in [0.5, 0.6) is 0 Å². The second kappa shape index (κ2) is 8.33. The molecule has 0 aliphatic heterocycles. The first kappa shape index (κ1) is 18.4. The van der Waals surface area contributed by atoms with Crippen LogP contribution in [0.3, 0.4) is 0 Å². The van der Waals surface area contributed by atoms with Crippen molar-refractivity contribution < 1.29 is 14.4 Å². The molecule has 3 aromatic carbocycles. The summed E-state index contributed by atoms with van der Waals surface area (Å²) < 4.78 is 10.9. The summed E-state index contributed by atoms with van der Waals surface area (Å²) in [6, 6.07) is 26.5. The Balaban J connectivity index is 1.58. The topological polar surface area (TPSA) is 69.6 Å². The highest BCUT2D eigenvalue weighted by Gasteiger charge is 2.11. The minimum absolute atomic E-state index is 0.0687. The highest BCUT2D eigenvalue weighted by molar-refractivity contribution is 7.51. The summed E-state index contributed by atoms with van der Waals surface area (Å²) in [5.74, 6) is 0. The third-order valence-electron chi connectivity index (χ3n) is 4.15. The Hall–Kier alpha value is -2.39. The molecule has 3 aromatic rings. The summed E-state index contributed by atoms with van der Waals surface area (Å²) in [5.41, 5.74) is 5.44. The van der Waals surface area contributed by atoms with Gasteiger partial charge in [0.1, 0.15) is 0 Å². The van der Waals surface area contributed by atoms with Crippen molar-refractivity contribution in [1.82, 2.24) is 0 Å². The summed E-state index contributed by atoms with van der Waals surface area (Å²) in [6.45, 7) is 0. The minimum Gasteiger partial charge on any atom is -0.356 e. The molecule has 0 amide bonds. The van der Waals surface area contributed by atoms with Crippen molar-refractivity contribution in [3.63, 3.8) is 0 Å². The lowest BCUT2D eigenvalue weighted by Gasteiger charge is -2.09. The van der Waals surface area contributed by atoms with Crippen molar-refractivity contribution in [3.05, 3.63) is 84.4 Å². The number of aryl methyl sites for hydroxylation is 1. The van der Waals surface area contributed by atoms with E-state index < -0.39 is 7.60 Å². The summed E-state index contributed by atoms with van der Waals surface area (Å²) >= 11 is 0. The summed E-state index contributed by atoms with van der Waals surface area (Å²) in [5, 5.41) is 3.37. The smallest absolute Gasteiger partial charge is 0.325 e. The molecule has 4 nitrogen and oxygen atoms in total. The van der Waals surface area contributed by atoms with E-state index in [1.165, 1.54) is 11.1 Å². The molecule has 5 heteroatoms. The van der Waals surface area contributed by atoms with Crippen LogP contribution in [0.15, 0.2) is 78.9 Å². The first-order chi connectivity index (χ1) is 12.5. The highest BCUT2D eigenvalue weighted by Crippen LogP contribution is 2.35. The average molecular weight is 367 g/mol. The van der Waals surface area contributed by atoms with Gasteiger partial charge in [0.25, 0.3) is 0 Å². The molecule has 0 aliphatic rings. The van der Waals surface area contributed by atoms with Crippen LogP contribution in [-0.2, 0) is 11.0 Å². The zero-order valence-electron chi connectivity index (χ0n) is 14.4. The van der Waals surface area contributed by atoms with Crippen molar-refractivity contribution in [2.24, 2.45) is 0 Å². The van der Waals surface area contributed by atoms with Gasteiger partial charge in [-0.05, 0) is 53.8 Å². The Kier molecular flexibility index (Phi) is 5.89. The summed E-state index contributed by atoms with van der Waals surface area (Å²) in [6.07, 6.45) is 1.08. The second-order valence-electron chi connectivity index (χ2n) is 6.26. The maximum Gasteiger partial charge on any atom is 0.325 e. The van der Waals surface area contributed by atoms with E-state index in [4.69, 9.17) is 9.79 Å². The van der Waals surface area contributed by atoms with E-state index in [9.17, 15) is 4.57 Å². The molecule has 0 aromatic heterocycles. The molecule has 0 fully saturated rings. The van der Waals surface area contributed by atoms with Gasteiger partial charge in [0.2, 0.25) is 0 Å². The first-order valence-corrected chi connectivity index (χ1v) is 10.4. The van der Waals surface area contributed by atoms with Gasteiger partial charge in [-0.15, -0.1) is 0 Å². The molecule has 3 rings (SSSR count). The molecule has 0 radical (unpaired) electrons. The van der Waals surface area contributed by atoms with Crippen LogP contribution in [0.4, 0.5) is 11.4 Å². The molecular formula is C21H22NO3P. The molecule has 0 heterocycles. The fourth-order valence-corrected chi connectivity index (χ4v) is 3.36. The Morgan fingerprint density at radius 3 is 1.85 bits per heavy atom. The fraction of sp³-hybridized carbons (Fsp3) is 0.143. The molecular weight excluding hydrogens is 345 g/mol. The molecule has 0 saturated carbocycles. The van der Waals surface area contributed by atoms with Crippen molar-refractivity contribution >= 4 is 19.0 Å². The Morgan fingerprint density at radius 2 is 1.27 bits per heavy atom. The monoisotopic (exact) mass is 367 g/mol. The molecule has 0 aliphatic carbocycles. The van der Waals surface area contributed by atoms with Gasteiger partial charge in [-0.1, -0.05) is 54.6 Å². The number of hydrogen-bond acceptors (Lipinski definition) is 2. The van der Waals surface area contributed by atoms with Gasteiger partial charge in [0.05, 0.1) is 6.16 Å². The van der Waals surface area contributed by atoms with Crippen molar-refractivity contribution in [3.8, 4) is 11.1 Å². The Labute approximate surface area is 153 Å². The number of hydrogen-bond donors (Lipinski definition) is 3. The van der Waals surface area contributed by atoms with E-state index >= 15 is 0 Å². The molecule has 3 N–H and O–H groups in total. The van der Waals surface area contributed by atoms with Crippen LogP contribution >= 0.6 is 7.60 Å². The molecule has 134 valence electrons. The van der Waals surface area contributed by atoms with Crippen LogP contribution < -0.4 is 5.32 Å². The minimum atomic E-state index is -3.90. The predicted octanol–water partition coefficient (Wildman–Crippen LogP) is 5.21. The van der Waals surface area contributed by atoms with Gasteiger partial charge in [-0.25, -0.2) is 0 Å². The third kappa shape index (κ3) is 5.57. The van der Waals surface area contributed by atoms with E-state index in [1.807, 2.05) is 42.5 Å². The zero-order chi connectivity index (χ0) is 18.4. The molecule has 26 heavy (non-hydrogen) atoms. The first-order valence-electron chi connectivity index (χ1n) is 8.56. The van der Waals surface area contributed by atoms with Gasteiger partial charge in [-0.3, -0.25) is 4.57 Å². The van der Waals surface area contributed by atoms with Crippen LogP contribution in [0.1, 0.15) is 12.0 Å². The number of anilines is 2. The third-order valence-corrected chi connectivity index (χ3v) is 5.05. The van der Waals surface area contributed by atoms with Crippen molar-refractivity contribution in [1.29, 1.82) is 0 Å². The van der Waals surface area contributed by atoms with E-state index in [2.05, 4.69) is 41.7 Å². The van der Waals surface area contributed by atoms with E-state index in [0.29, 0.717) is 12.8 Å². The highest BCUT2D eigenvalue weighted by atomic mass is 31.2. The van der Waals surface area contributed by atoms with Crippen LogP contribution in [-0.4, -0.2) is 15.9 Å². The van der Waals surface area contributed by atoms with Gasteiger partial charge in [0.15, 0.2) is 0 Å². The molecule has 0 unspecified atom stereocenters. The van der Waals surface area contributed by atoms with Crippen molar-refractivity contribution in [2.45, 2.75) is 12.8 Å². The number of rotatable bonds is 7. The lowest BCUT2D eigenvalue weighted by atomic mass is 10.1. The van der Waals surface area contributed by atoms with Gasteiger partial charge in [0, 0.05) is 11.4 Å². The maximum atomic E-state index is 10.9. The molecule has 0 saturated heterocycles. The summed E-state index contributed by atoms with van der Waals surface area (Å²) in [7, 11) is -3.90. The van der Waals surface area contributed by atoms with E-state index in [-0.39, 0.29) is 6.16 Å². The van der Waals surface area contributed by atoms with E-state index in [1.54, 1.807) is 0 Å². The van der Waals surface area contributed by atoms with Crippen LogP contribution in [0.25, 0.3) is 11.1 Å². The van der Waals surface area contributed by atoms with Crippen LogP contribution in [0, 0.1) is 0 Å². The quantitative estimate of drug-likeness (QED) is 0.502. The lowest BCUT2D eigenvalue weighted by Crippen LogP contribution is -1.94. The molecule has 0 atom stereocenters. The van der Waals surface area contributed by atoms with Gasteiger partial charge >= 0.3 is 7.60 Å². The fourth-order valence-electron chi connectivity index (χ4n) is 2.79. The van der Waals surface area contributed by atoms with Gasteiger partial charge in [-0.2, -0.15) is 0 Å². The largest absolute Gasteiger partial charge is 0.356 e. The van der Waals surface area contributed by atoms with Gasteiger partial charge < -0.3 is 15.1 Å². The standard InChI is InChI=1S/C21H22NO3P/c23-26(24,25)16-4-5-17-8-12-20(13-9-17)22-21-14-10-19(11-15-21)18-6-2-1-3-7-18/h1-3,6-15,22H,4-5,16H2,(H2,23,24,25). The Bertz CT molecular complexity index is 871. The average Bonchev–Trinajstić information content (AvgIpc) is 2.64. The molecule has 0 spiro atoms. The molecule has 0 bridgehead atoms. The Morgan fingerprint density at radius 1 is 0.731 bits per heavy atom. The predicted molar refractivity (Wildman–Crippen MR) is 107 cm³/mol. The van der Waals surface area contributed by atoms with Crippen LogP contribution in [0.2, 0.25) is 0 Å². The summed E-state index contributed by atoms with van der Waals surface area (Å²) in [4.78, 5) is 17.8. The van der Waals surface area contributed by atoms with E-state index in [0.717, 1.165) is 16.9 Å². The lowest BCUT2D eigenvalue weighted by molar-refractivity contribution is 0.371. The zero-order valence-corrected chi connectivity index (χ0v) is 15.3. The number of benzene rings is 3.